The molecular weight excluding hydrogens is 511 g/mol. The summed E-state index contributed by atoms with van der Waals surface area (Å²) >= 11 is 0. The van der Waals surface area contributed by atoms with Crippen LogP contribution >= 0.6 is 8.60 Å². The summed E-state index contributed by atoms with van der Waals surface area (Å²) < 4.78 is 18.0. The third-order valence-corrected chi connectivity index (χ3v) is 6.71. The van der Waals surface area contributed by atoms with Crippen molar-refractivity contribution in [2.75, 3.05) is 6.61 Å². The summed E-state index contributed by atoms with van der Waals surface area (Å²) in [6.07, 6.45) is 0. The fourth-order valence-electron chi connectivity index (χ4n) is 3.57. The van der Waals surface area contributed by atoms with Gasteiger partial charge in [-0.2, -0.15) is 0 Å². The van der Waals surface area contributed by atoms with Crippen molar-refractivity contribution >= 4 is 20.4 Å². The van der Waals surface area contributed by atoms with E-state index in [9.17, 15) is 9.59 Å². The second kappa shape index (κ2) is 15.5. The lowest BCUT2D eigenvalue weighted by Crippen LogP contribution is -2.49. The van der Waals surface area contributed by atoms with E-state index in [-0.39, 0.29) is 31.6 Å². The first-order valence-corrected chi connectivity index (χ1v) is 13.7. The average molecular weight is 543 g/mol. The van der Waals surface area contributed by atoms with Gasteiger partial charge in [-0.15, -0.1) is 0 Å². The van der Waals surface area contributed by atoms with Crippen LogP contribution in [-0.2, 0) is 38.1 Å². The zero-order chi connectivity index (χ0) is 27.1. The van der Waals surface area contributed by atoms with Crippen LogP contribution in [-0.4, -0.2) is 24.5 Å². The minimum atomic E-state index is -1.83. The molecule has 39 heavy (non-hydrogen) atoms. The Kier molecular flexibility index (Phi) is 11.2. The smallest absolute Gasteiger partial charge is 0.333 e. The topological polar surface area (TPSA) is 85.9 Å². The van der Waals surface area contributed by atoms with Crippen LogP contribution in [0, 0.1) is 0 Å². The molecule has 0 aromatic heterocycles. The van der Waals surface area contributed by atoms with Crippen molar-refractivity contribution in [2.24, 2.45) is 0 Å². The molecule has 4 aromatic carbocycles. The molecule has 4 aromatic rings. The molecule has 1 atom stereocenters. The predicted molar refractivity (Wildman–Crippen MR) is 151 cm³/mol. The van der Waals surface area contributed by atoms with Gasteiger partial charge in [0.2, 0.25) is 5.91 Å². The highest BCUT2D eigenvalue weighted by Crippen LogP contribution is 2.41. The summed E-state index contributed by atoms with van der Waals surface area (Å²) in [5.41, 5.74) is 3.32. The lowest BCUT2D eigenvalue weighted by molar-refractivity contribution is -0.123. The minimum Gasteiger partial charge on any atom is -0.350 e. The molecule has 0 aliphatic carbocycles. The second-order valence-corrected chi connectivity index (χ2v) is 9.85. The predicted octanol–water partition coefficient (Wildman–Crippen LogP) is 5.78. The molecule has 2 amide bonds. The van der Waals surface area contributed by atoms with Gasteiger partial charge in [0.25, 0.3) is 5.91 Å². The van der Waals surface area contributed by atoms with Crippen LogP contribution in [0.3, 0.4) is 0 Å². The number of hydrogen-bond donors (Lipinski definition) is 2. The van der Waals surface area contributed by atoms with Crippen LogP contribution < -0.4 is 10.6 Å². The molecule has 0 fully saturated rings. The molecule has 0 heterocycles. The fraction of sp³-hybridized carbons (Fsp3) is 0.161. The summed E-state index contributed by atoms with van der Waals surface area (Å²) in [5, 5.41) is 5.68. The fourth-order valence-corrected chi connectivity index (χ4v) is 4.58. The lowest BCUT2D eigenvalue weighted by atomic mass is 10.2. The molecule has 4 rings (SSSR count). The highest BCUT2D eigenvalue weighted by Gasteiger charge is 2.25. The van der Waals surface area contributed by atoms with Crippen LogP contribution in [0.25, 0.3) is 0 Å². The molecule has 0 saturated carbocycles. The van der Waals surface area contributed by atoms with E-state index < -0.39 is 14.6 Å². The number of carbonyl (C=O) groups excluding carboxylic acids is 2. The first-order valence-electron chi connectivity index (χ1n) is 12.6. The Morgan fingerprint density at radius 3 is 1.59 bits per heavy atom. The van der Waals surface area contributed by atoms with Gasteiger partial charge in [0.1, 0.15) is 6.04 Å². The van der Waals surface area contributed by atoms with Crippen LogP contribution in [0.5, 0.6) is 0 Å². The first-order chi connectivity index (χ1) is 19.2. The summed E-state index contributed by atoms with van der Waals surface area (Å²) in [6.45, 7) is 0.751. The van der Waals surface area contributed by atoms with E-state index in [1.807, 2.05) is 97.1 Å². The van der Waals surface area contributed by atoms with Gasteiger partial charge in [-0.1, -0.05) is 109 Å². The average Bonchev–Trinajstić information content (AvgIpc) is 3.00. The van der Waals surface area contributed by atoms with E-state index in [1.54, 1.807) is 24.3 Å². The Hall–Kier alpha value is -3.87. The minimum absolute atomic E-state index is 0.130. The zero-order valence-corrected chi connectivity index (χ0v) is 22.3. The zero-order valence-electron chi connectivity index (χ0n) is 21.4. The Balaban J connectivity index is 1.43. The highest BCUT2D eigenvalue weighted by atomic mass is 31.2. The second-order valence-electron chi connectivity index (χ2n) is 8.63. The molecule has 0 unspecified atom stereocenters. The van der Waals surface area contributed by atoms with Crippen molar-refractivity contribution in [2.45, 2.75) is 25.8 Å². The Bertz CT molecular complexity index is 1230. The van der Waals surface area contributed by atoms with E-state index in [0.717, 1.165) is 16.7 Å². The van der Waals surface area contributed by atoms with Crippen LogP contribution in [0.1, 0.15) is 27.0 Å². The molecule has 0 saturated heterocycles. The highest BCUT2D eigenvalue weighted by molar-refractivity contribution is 7.41. The quantitative estimate of drug-likeness (QED) is 0.197. The Morgan fingerprint density at radius 2 is 1.08 bits per heavy atom. The standard InChI is InChI=1S/C31H31N2O5P/c34-30(28-19-11-4-12-20-28)33-29(31(35)32-21-25-13-5-1-6-14-25)24-38-39(36-22-26-15-7-2-8-16-26)37-23-27-17-9-3-10-18-27/h1-20,29H,21-24H2,(H,32,35)(H,33,34)/t29-/m0/s1. The van der Waals surface area contributed by atoms with Crippen molar-refractivity contribution in [3.63, 3.8) is 0 Å². The number of amides is 2. The number of benzene rings is 4. The maximum atomic E-state index is 13.2. The summed E-state index contributed by atoms with van der Waals surface area (Å²) in [6, 6.07) is 36.7. The van der Waals surface area contributed by atoms with Crippen molar-refractivity contribution in [3.8, 4) is 0 Å². The molecule has 8 heteroatoms. The Labute approximate surface area is 230 Å². The molecule has 0 spiro atoms. The monoisotopic (exact) mass is 542 g/mol. The van der Waals surface area contributed by atoms with Crippen molar-refractivity contribution in [1.82, 2.24) is 10.6 Å². The molecule has 2 N–H and O–H groups in total. The first kappa shape index (κ1) is 28.1. The van der Waals surface area contributed by atoms with E-state index in [2.05, 4.69) is 10.6 Å². The largest absolute Gasteiger partial charge is 0.350 e. The van der Waals surface area contributed by atoms with Crippen LogP contribution in [0.15, 0.2) is 121 Å². The van der Waals surface area contributed by atoms with E-state index >= 15 is 0 Å². The van der Waals surface area contributed by atoms with Gasteiger partial charge >= 0.3 is 8.60 Å². The molecule has 200 valence electrons. The lowest BCUT2D eigenvalue weighted by Gasteiger charge is -2.22. The molecule has 0 aliphatic rings. The maximum absolute atomic E-state index is 13.2. The third kappa shape index (κ3) is 9.74. The van der Waals surface area contributed by atoms with Gasteiger partial charge in [0.15, 0.2) is 0 Å². The van der Waals surface area contributed by atoms with Gasteiger partial charge in [0.05, 0.1) is 19.8 Å². The number of hydrogen-bond acceptors (Lipinski definition) is 5. The maximum Gasteiger partial charge on any atom is 0.333 e. The molecular formula is C31H31N2O5P. The van der Waals surface area contributed by atoms with Crippen molar-refractivity contribution in [3.05, 3.63) is 144 Å². The van der Waals surface area contributed by atoms with Gasteiger partial charge < -0.3 is 24.2 Å². The molecule has 0 aliphatic heterocycles. The normalized spacial score (nSPS) is 11.6. The summed E-state index contributed by atoms with van der Waals surface area (Å²) in [7, 11) is -1.83. The summed E-state index contributed by atoms with van der Waals surface area (Å²) in [4.78, 5) is 26.1. The van der Waals surface area contributed by atoms with Gasteiger partial charge in [0, 0.05) is 12.1 Å². The SMILES string of the molecule is O=C(N[C@@H](COP(OCc1ccccc1)OCc1ccccc1)C(=O)NCc1ccccc1)c1ccccc1. The molecule has 0 bridgehead atoms. The van der Waals surface area contributed by atoms with Crippen molar-refractivity contribution in [1.29, 1.82) is 0 Å². The van der Waals surface area contributed by atoms with E-state index in [4.69, 9.17) is 13.6 Å². The van der Waals surface area contributed by atoms with Crippen molar-refractivity contribution < 1.29 is 23.2 Å². The van der Waals surface area contributed by atoms with E-state index in [0.29, 0.717) is 12.1 Å². The third-order valence-electron chi connectivity index (χ3n) is 5.67. The summed E-state index contributed by atoms with van der Waals surface area (Å²) in [5.74, 6) is -0.747. The Morgan fingerprint density at radius 1 is 0.615 bits per heavy atom. The van der Waals surface area contributed by atoms with E-state index in [1.165, 1.54) is 0 Å². The van der Waals surface area contributed by atoms with Crippen LogP contribution in [0.4, 0.5) is 0 Å². The number of nitrogens with one attached hydrogen (secondary N) is 2. The van der Waals surface area contributed by atoms with Gasteiger partial charge in [-0.3, -0.25) is 9.59 Å². The molecule has 0 radical (unpaired) electrons. The van der Waals surface area contributed by atoms with Gasteiger partial charge in [-0.05, 0) is 28.8 Å². The molecule has 7 nitrogen and oxygen atoms in total. The van der Waals surface area contributed by atoms with Gasteiger partial charge in [-0.25, -0.2) is 0 Å². The number of carbonyl (C=O) groups is 2. The number of rotatable bonds is 14. The van der Waals surface area contributed by atoms with Crippen LogP contribution in [0.2, 0.25) is 0 Å².